The Morgan fingerprint density at radius 2 is 1.94 bits per heavy atom. The van der Waals surface area contributed by atoms with E-state index < -0.39 is 11.9 Å². The number of nitrogens with one attached hydrogen (secondary N) is 2. The van der Waals surface area contributed by atoms with Crippen molar-refractivity contribution < 1.29 is 14.7 Å². The Hall–Kier alpha value is -1.26. The van der Waals surface area contributed by atoms with E-state index in [1.165, 1.54) is 25.7 Å². The normalized spacial score (nSPS) is 17.4. The van der Waals surface area contributed by atoms with Crippen LogP contribution in [0.25, 0.3) is 0 Å². The van der Waals surface area contributed by atoms with E-state index in [4.69, 9.17) is 5.11 Å². The molecule has 0 aliphatic heterocycles. The van der Waals surface area contributed by atoms with E-state index >= 15 is 0 Å². The molecule has 0 aromatic heterocycles. The number of carbonyl (C=O) groups is 2. The number of carbonyl (C=O) groups excluding carboxylic acids is 1. The van der Waals surface area contributed by atoms with Crippen molar-refractivity contribution in [2.45, 2.75) is 45.4 Å². The highest BCUT2D eigenvalue weighted by atomic mass is 16.4. The first-order valence-corrected chi connectivity index (χ1v) is 6.88. The summed E-state index contributed by atoms with van der Waals surface area (Å²) < 4.78 is 0. The molecule has 1 unspecified atom stereocenters. The Kier molecular flexibility index (Phi) is 6.54. The smallest absolute Gasteiger partial charge is 0.314 e. The van der Waals surface area contributed by atoms with Crippen molar-refractivity contribution in [3.05, 3.63) is 0 Å². The monoisotopic (exact) mass is 256 g/mol. The van der Waals surface area contributed by atoms with Gasteiger partial charge in [0.25, 0.3) is 0 Å². The minimum Gasteiger partial charge on any atom is -0.481 e. The van der Waals surface area contributed by atoms with E-state index in [9.17, 15) is 9.59 Å². The van der Waals surface area contributed by atoms with Crippen molar-refractivity contribution in [1.82, 2.24) is 10.6 Å². The highest BCUT2D eigenvalue weighted by molar-refractivity contribution is 5.75. The summed E-state index contributed by atoms with van der Waals surface area (Å²) in [6.45, 7) is 2.68. The number of carboxylic acid groups (broad SMARTS) is 1. The molecular formula is C13H24N2O3. The van der Waals surface area contributed by atoms with Crippen LogP contribution in [0.2, 0.25) is 0 Å². The van der Waals surface area contributed by atoms with Gasteiger partial charge in [0.2, 0.25) is 0 Å². The van der Waals surface area contributed by atoms with E-state index in [1.807, 2.05) is 0 Å². The average molecular weight is 256 g/mol. The van der Waals surface area contributed by atoms with Gasteiger partial charge in [0.1, 0.15) is 0 Å². The molecule has 1 saturated carbocycles. The van der Waals surface area contributed by atoms with Crippen LogP contribution in [-0.4, -0.2) is 30.2 Å². The molecule has 2 amide bonds. The Bertz CT molecular complexity index is 275. The number of hydrogen-bond donors (Lipinski definition) is 3. The molecule has 0 bridgehead atoms. The summed E-state index contributed by atoms with van der Waals surface area (Å²) in [4.78, 5) is 22.2. The summed E-state index contributed by atoms with van der Waals surface area (Å²) in [5.41, 5.74) is 0. The molecule has 1 aliphatic carbocycles. The van der Waals surface area contributed by atoms with Crippen LogP contribution in [0.15, 0.2) is 0 Å². The predicted octanol–water partition coefficient (Wildman–Crippen LogP) is 1.98. The fourth-order valence-corrected chi connectivity index (χ4v) is 2.37. The van der Waals surface area contributed by atoms with Crippen LogP contribution < -0.4 is 10.6 Å². The molecule has 5 heteroatoms. The topological polar surface area (TPSA) is 78.4 Å². The number of carboxylic acids is 1. The zero-order valence-electron chi connectivity index (χ0n) is 11.1. The summed E-state index contributed by atoms with van der Waals surface area (Å²) in [6.07, 6.45) is 6.74. The lowest BCUT2D eigenvalue weighted by Gasteiger charge is -2.13. The molecule has 0 aromatic carbocycles. The van der Waals surface area contributed by atoms with Gasteiger partial charge >= 0.3 is 12.0 Å². The van der Waals surface area contributed by atoms with Crippen LogP contribution in [0.3, 0.4) is 0 Å². The van der Waals surface area contributed by atoms with Gasteiger partial charge in [-0.2, -0.15) is 0 Å². The zero-order chi connectivity index (χ0) is 13.4. The van der Waals surface area contributed by atoms with Gasteiger partial charge in [-0.25, -0.2) is 4.79 Å². The maximum absolute atomic E-state index is 11.4. The Labute approximate surface area is 108 Å². The molecule has 1 rings (SSSR count). The number of amides is 2. The average Bonchev–Trinajstić information content (AvgIpc) is 2.82. The van der Waals surface area contributed by atoms with Gasteiger partial charge in [0.15, 0.2) is 0 Å². The van der Waals surface area contributed by atoms with Crippen LogP contribution in [0.5, 0.6) is 0 Å². The second-order valence-corrected chi connectivity index (χ2v) is 5.02. The van der Waals surface area contributed by atoms with E-state index in [1.54, 1.807) is 6.92 Å². The van der Waals surface area contributed by atoms with E-state index in [2.05, 4.69) is 10.6 Å². The van der Waals surface area contributed by atoms with E-state index in [0.717, 1.165) is 12.3 Å². The molecule has 0 radical (unpaired) electrons. The fraction of sp³-hybridized carbons (Fsp3) is 0.846. The summed E-state index contributed by atoms with van der Waals surface area (Å²) in [5, 5.41) is 14.2. The lowest BCUT2D eigenvalue weighted by molar-refractivity contribution is -0.141. The summed E-state index contributed by atoms with van der Waals surface area (Å²) in [7, 11) is 0. The molecule has 1 atom stereocenters. The SMILES string of the molecule is CCC(CNC(=O)NCCC1CCCC1)C(=O)O. The summed E-state index contributed by atoms with van der Waals surface area (Å²) >= 11 is 0. The zero-order valence-corrected chi connectivity index (χ0v) is 11.1. The lowest BCUT2D eigenvalue weighted by atomic mass is 10.0. The van der Waals surface area contributed by atoms with Crippen molar-refractivity contribution in [3.63, 3.8) is 0 Å². The van der Waals surface area contributed by atoms with Gasteiger partial charge in [-0.1, -0.05) is 32.6 Å². The van der Waals surface area contributed by atoms with Crippen molar-refractivity contribution >= 4 is 12.0 Å². The fourth-order valence-electron chi connectivity index (χ4n) is 2.37. The number of rotatable bonds is 7. The van der Waals surface area contributed by atoms with Crippen LogP contribution >= 0.6 is 0 Å². The minimum atomic E-state index is -0.858. The quantitative estimate of drug-likeness (QED) is 0.651. The molecule has 5 nitrogen and oxygen atoms in total. The maximum Gasteiger partial charge on any atom is 0.314 e. The molecule has 18 heavy (non-hydrogen) atoms. The van der Waals surface area contributed by atoms with Crippen molar-refractivity contribution in [3.8, 4) is 0 Å². The van der Waals surface area contributed by atoms with Gasteiger partial charge in [0, 0.05) is 13.1 Å². The first-order valence-electron chi connectivity index (χ1n) is 6.88. The number of urea groups is 1. The summed E-state index contributed by atoms with van der Waals surface area (Å²) in [6, 6.07) is -0.257. The molecule has 1 aliphatic rings. The largest absolute Gasteiger partial charge is 0.481 e. The van der Waals surface area contributed by atoms with Crippen LogP contribution in [0.4, 0.5) is 4.79 Å². The maximum atomic E-state index is 11.4. The van der Waals surface area contributed by atoms with E-state index in [-0.39, 0.29) is 12.6 Å². The van der Waals surface area contributed by atoms with Crippen LogP contribution in [0, 0.1) is 11.8 Å². The third-order valence-electron chi connectivity index (χ3n) is 3.66. The van der Waals surface area contributed by atoms with Crippen molar-refractivity contribution in [1.29, 1.82) is 0 Å². The molecular weight excluding hydrogens is 232 g/mol. The van der Waals surface area contributed by atoms with Crippen molar-refractivity contribution in [2.75, 3.05) is 13.1 Å². The second-order valence-electron chi connectivity index (χ2n) is 5.02. The lowest BCUT2D eigenvalue weighted by Crippen LogP contribution is -2.40. The molecule has 0 saturated heterocycles. The Balaban J connectivity index is 2.07. The number of aliphatic carboxylic acids is 1. The number of hydrogen-bond acceptors (Lipinski definition) is 2. The van der Waals surface area contributed by atoms with Gasteiger partial charge < -0.3 is 15.7 Å². The Morgan fingerprint density at radius 1 is 1.28 bits per heavy atom. The van der Waals surface area contributed by atoms with E-state index in [0.29, 0.717) is 13.0 Å². The van der Waals surface area contributed by atoms with Crippen LogP contribution in [-0.2, 0) is 4.79 Å². The molecule has 0 heterocycles. The Morgan fingerprint density at radius 3 is 2.50 bits per heavy atom. The minimum absolute atomic E-state index is 0.196. The first-order chi connectivity index (χ1) is 8.63. The van der Waals surface area contributed by atoms with Crippen LogP contribution in [0.1, 0.15) is 45.4 Å². The molecule has 1 fully saturated rings. The third kappa shape index (κ3) is 5.38. The molecule has 0 spiro atoms. The van der Waals surface area contributed by atoms with Gasteiger partial charge in [-0.15, -0.1) is 0 Å². The summed E-state index contributed by atoms with van der Waals surface area (Å²) in [5.74, 6) is -0.595. The molecule has 0 aromatic rings. The first kappa shape index (κ1) is 14.8. The highest BCUT2D eigenvalue weighted by Crippen LogP contribution is 2.26. The van der Waals surface area contributed by atoms with Gasteiger partial charge in [-0.05, 0) is 18.8 Å². The van der Waals surface area contributed by atoms with Gasteiger partial charge in [-0.3, -0.25) is 4.79 Å². The second kappa shape index (κ2) is 7.95. The highest BCUT2D eigenvalue weighted by Gasteiger charge is 2.17. The third-order valence-corrected chi connectivity index (χ3v) is 3.66. The van der Waals surface area contributed by atoms with Crippen molar-refractivity contribution in [2.24, 2.45) is 11.8 Å². The predicted molar refractivity (Wildman–Crippen MR) is 69.4 cm³/mol. The molecule has 104 valence electrons. The standard InChI is InChI=1S/C13H24N2O3/c1-2-11(12(16)17)9-15-13(18)14-8-7-10-5-3-4-6-10/h10-11H,2-9H2,1H3,(H,16,17)(H2,14,15,18). The van der Waals surface area contributed by atoms with Gasteiger partial charge in [0.05, 0.1) is 5.92 Å². The molecule has 3 N–H and O–H groups in total.